The first kappa shape index (κ1) is 24.0. The van der Waals surface area contributed by atoms with E-state index < -0.39 is 17.7 Å². The lowest BCUT2D eigenvalue weighted by molar-refractivity contribution is -0.143. The molecule has 3 aromatic carbocycles. The van der Waals surface area contributed by atoms with Gasteiger partial charge in [-0.05, 0) is 65.6 Å². The maximum Gasteiger partial charge on any atom is 0.416 e. The number of hydrogen-bond acceptors (Lipinski definition) is 4. The molecule has 0 bridgehead atoms. The van der Waals surface area contributed by atoms with Crippen LogP contribution in [0.3, 0.4) is 0 Å². The molecule has 0 aliphatic rings. The molecule has 0 N–H and O–H groups in total. The SMILES string of the molecule is COC(=O)COc1ccc(SCc2ccc(-c3ccc(Cl)cc3)cc2C(F)(F)F)cc1C. The topological polar surface area (TPSA) is 35.5 Å². The molecule has 0 unspecified atom stereocenters. The van der Waals surface area contributed by atoms with Crippen LogP contribution in [0, 0.1) is 6.92 Å². The van der Waals surface area contributed by atoms with Gasteiger partial charge in [0.05, 0.1) is 12.7 Å². The Kier molecular flexibility index (Phi) is 7.74. The third-order valence-electron chi connectivity index (χ3n) is 4.71. The lowest BCUT2D eigenvalue weighted by atomic mass is 9.99. The maximum atomic E-state index is 13.7. The van der Waals surface area contributed by atoms with E-state index >= 15 is 0 Å². The van der Waals surface area contributed by atoms with Crippen LogP contribution in [-0.2, 0) is 21.5 Å². The van der Waals surface area contributed by atoms with E-state index in [4.69, 9.17) is 16.3 Å². The van der Waals surface area contributed by atoms with E-state index in [1.807, 2.05) is 6.07 Å². The number of rotatable bonds is 7. The molecule has 0 aliphatic carbocycles. The summed E-state index contributed by atoms with van der Waals surface area (Å²) in [6, 6.07) is 16.3. The van der Waals surface area contributed by atoms with Crippen LogP contribution in [0.2, 0.25) is 5.02 Å². The minimum absolute atomic E-state index is 0.150. The van der Waals surface area contributed by atoms with Gasteiger partial charge in [0.1, 0.15) is 5.75 Å². The number of methoxy groups -OCH3 is 1. The minimum atomic E-state index is -4.47. The van der Waals surface area contributed by atoms with E-state index in [1.165, 1.54) is 31.0 Å². The number of aryl methyl sites for hydroxylation is 1. The first-order valence-corrected chi connectivity index (χ1v) is 10.9. The Hall–Kier alpha value is -2.64. The number of halogens is 4. The van der Waals surface area contributed by atoms with Crippen LogP contribution in [-0.4, -0.2) is 19.7 Å². The Morgan fingerprint density at radius 3 is 2.31 bits per heavy atom. The first-order valence-electron chi connectivity index (χ1n) is 9.56. The fourth-order valence-electron chi connectivity index (χ4n) is 3.02. The number of thioether (sulfide) groups is 1. The molecule has 0 radical (unpaired) electrons. The Morgan fingerprint density at radius 2 is 1.69 bits per heavy atom. The van der Waals surface area contributed by atoms with Crippen LogP contribution in [0.15, 0.2) is 65.6 Å². The highest BCUT2D eigenvalue weighted by Gasteiger charge is 2.33. The Bertz CT molecular complexity index is 1100. The van der Waals surface area contributed by atoms with Crippen molar-refractivity contribution in [2.75, 3.05) is 13.7 Å². The molecule has 0 amide bonds. The fourth-order valence-corrected chi connectivity index (χ4v) is 4.14. The summed E-state index contributed by atoms with van der Waals surface area (Å²) in [5, 5.41) is 0.523. The van der Waals surface area contributed by atoms with E-state index in [2.05, 4.69) is 4.74 Å². The van der Waals surface area contributed by atoms with Gasteiger partial charge >= 0.3 is 12.1 Å². The van der Waals surface area contributed by atoms with Gasteiger partial charge in [-0.3, -0.25) is 0 Å². The second-order valence-electron chi connectivity index (χ2n) is 6.96. The normalized spacial score (nSPS) is 11.3. The first-order chi connectivity index (χ1) is 15.2. The van der Waals surface area contributed by atoms with Gasteiger partial charge in [0.15, 0.2) is 6.61 Å². The molecular weight excluding hydrogens is 461 g/mol. The molecule has 0 heterocycles. The van der Waals surface area contributed by atoms with Gasteiger partial charge in [0.25, 0.3) is 0 Å². The van der Waals surface area contributed by atoms with Crippen molar-refractivity contribution in [3.63, 3.8) is 0 Å². The summed E-state index contributed by atoms with van der Waals surface area (Å²) in [5.41, 5.74) is 1.45. The average molecular weight is 481 g/mol. The van der Waals surface area contributed by atoms with E-state index in [1.54, 1.807) is 49.4 Å². The molecule has 0 atom stereocenters. The molecule has 32 heavy (non-hydrogen) atoms. The van der Waals surface area contributed by atoms with Crippen molar-refractivity contribution < 1.29 is 27.4 Å². The molecule has 3 rings (SSSR count). The van der Waals surface area contributed by atoms with Gasteiger partial charge in [0, 0.05) is 15.7 Å². The zero-order valence-electron chi connectivity index (χ0n) is 17.3. The van der Waals surface area contributed by atoms with Crippen LogP contribution in [0.25, 0.3) is 11.1 Å². The lowest BCUT2D eigenvalue weighted by Crippen LogP contribution is -2.13. The quantitative estimate of drug-likeness (QED) is 0.265. The molecule has 0 aliphatic heterocycles. The van der Waals surface area contributed by atoms with Crippen LogP contribution in [0.5, 0.6) is 5.75 Å². The average Bonchev–Trinajstić information content (AvgIpc) is 2.76. The summed E-state index contributed by atoms with van der Waals surface area (Å²) < 4.78 is 51.2. The lowest BCUT2D eigenvalue weighted by Gasteiger charge is -2.15. The Balaban J connectivity index is 1.77. The van der Waals surface area contributed by atoms with E-state index in [0.29, 0.717) is 21.9 Å². The molecule has 0 saturated carbocycles. The van der Waals surface area contributed by atoms with E-state index in [0.717, 1.165) is 10.5 Å². The van der Waals surface area contributed by atoms with Crippen LogP contribution >= 0.6 is 23.4 Å². The number of alkyl halides is 3. The number of esters is 1. The molecule has 0 spiro atoms. The van der Waals surface area contributed by atoms with Gasteiger partial charge in [-0.15, -0.1) is 11.8 Å². The van der Waals surface area contributed by atoms with Crippen LogP contribution in [0.4, 0.5) is 13.2 Å². The van der Waals surface area contributed by atoms with E-state index in [9.17, 15) is 18.0 Å². The standard InChI is InChI=1S/C24H20ClF3O3S/c1-15-11-20(9-10-22(15)31-13-23(29)30-2)32-14-18-4-3-17(12-21(18)24(26,27)28)16-5-7-19(25)8-6-16/h3-12H,13-14H2,1-2H3. The third-order valence-corrected chi connectivity index (χ3v) is 6.00. The highest BCUT2D eigenvalue weighted by atomic mass is 35.5. The Labute approximate surface area is 193 Å². The monoisotopic (exact) mass is 480 g/mol. The summed E-state index contributed by atoms with van der Waals surface area (Å²) in [6.07, 6.45) is -4.47. The van der Waals surface area contributed by atoms with Crippen molar-refractivity contribution in [1.29, 1.82) is 0 Å². The number of ether oxygens (including phenoxy) is 2. The number of carbonyl (C=O) groups is 1. The van der Waals surface area contributed by atoms with Gasteiger partial charge in [-0.25, -0.2) is 4.79 Å². The van der Waals surface area contributed by atoms with E-state index in [-0.39, 0.29) is 17.9 Å². The predicted molar refractivity (Wildman–Crippen MR) is 120 cm³/mol. The number of benzene rings is 3. The van der Waals surface area contributed by atoms with Crippen LogP contribution in [0.1, 0.15) is 16.7 Å². The van der Waals surface area contributed by atoms with Gasteiger partial charge in [-0.2, -0.15) is 13.2 Å². The van der Waals surface area contributed by atoms with Crippen molar-refractivity contribution in [3.8, 4) is 16.9 Å². The molecule has 8 heteroatoms. The van der Waals surface area contributed by atoms with Crippen molar-refractivity contribution in [2.24, 2.45) is 0 Å². The maximum absolute atomic E-state index is 13.7. The van der Waals surface area contributed by atoms with Crippen molar-refractivity contribution in [3.05, 3.63) is 82.4 Å². The van der Waals surface area contributed by atoms with Crippen molar-refractivity contribution in [1.82, 2.24) is 0 Å². The fraction of sp³-hybridized carbons (Fsp3) is 0.208. The van der Waals surface area contributed by atoms with Crippen LogP contribution < -0.4 is 4.74 Å². The minimum Gasteiger partial charge on any atom is -0.482 e. The summed E-state index contributed by atoms with van der Waals surface area (Å²) in [7, 11) is 1.27. The highest BCUT2D eigenvalue weighted by Crippen LogP contribution is 2.38. The highest BCUT2D eigenvalue weighted by molar-refractivity contribution is 7.98. The molecule has 3 nitrogen and oxygen atoms in total. The summed E-state index contributed by atoms with van der Waals surface area (Å²) >= 11 is 7.17. The molecule has 0 saturated heterocycles. The van der Waals surface area contributed by atoms with Gasteiger partial charge in [-0.1, -0.05) is 35.9 Å². The molecule has 3 aromatic rings. The van der Waals surface area contributed by atoms with Gasteiger partial charge in [0.2, 0.25) is 0 Å². The zero-order valence-corrected chi connectivity index (χ0v) is 18.9. The smallest absolute Gasteiger partial charge is 0.416 e. The molecular formula is C24H20ClF3O3S. The third kappa shape index (κ3) is 6.20. The number of hydrogen-bond donors (Lipinski definition) is 0. The summed E-state index contributed by atoms with van der Waals surface area (Å²) in [5.74, 6) is 0.171. The number of carbonyl (C=O) groups excluding carboxylic acids is 1. The summed E-state index contributed by atoms with van der Waals surface area (Å²) in [4.78, 5) is 12.0. The van der Waals surface area contributed by atoms with Crippen molar-refractivity contribution >= 4 is 29.3 Å². The summed E-state index contributed by atoms with van der Waals surface area (Å²) in [6.45, 7) is 1.59. The van der Waals surface area contributed by atoms with Crippen molar-refractivity contribution in [2.45, 2.75) is 23.7 Å². The molecule has 168 valence electrons. The predicted octanol–water partition coefficient (Wildman–Crippen LogP) is 7.18. The molecule has 0 fully saturated rings. The second kappa shape index (κ2) is 10.3. The zero-order chi connectivity index (χ0) is 23.3. The Morgan fingerprint density at radius 1 is 1.00 bits per heavy atom. The largest absolute Gasteiger partial charge is 0.482 e. The molecule has 0 aromatic heterocycles. The van der Waals surface area contributed by atoms with Gasteiger partial charge < -0.3 is 9.47 Å². The second-order valence-corrected chi connectivity index (χ2v) is 8.44.